The number of anilines is 1. The second-order valence-corrected chi connectivity index (χ2v) is 5.01. The number of carbonyl (C=O) groups excluding carboxylic acids is 1. The molecule has 0 N–H and O–H groups in total. The van der Waals surface area contributed by atoms with Crippen molar-refractivity contribution in [2.45, 2.75) is 6.92 Å². The summed E-state index contributed by atoms with van der Waals surface area (Å²) in [5, 5.41) is 10.9. The standard InChI is InChI=1S/C7H6Cl2N2O.C7H7NO2/c1-11(4-12)6-3-10-7(9)2-5(6)8;1-6-4-2-3-5-7(6)8(9)10/h2-4H,1H3;2-5H,1H3. The summed E-state index contributed by atoms with van der Waals surface area (Å²) in [7, 11) is 1.59. The van der Waals surface area contributed by atoms with Gasteiger partial charge < -0.3 is 4.90 Å². The first kappa shape index (κ1) is 17.9. The second-order valence-electron chi connectivity index (χ2n) is 4.22. The van der Waals surface area contributed by atoms with E-state index in [9.17, 15) is 14.9 Å². The van der Waals surface area contributed by atoms with Gasteiger partial charge in [0.25, 0.3) is 5.69 Å². The average Bonchev–Trinajstić information content (AvgIpc) is 2.47. The lowest BCUT2D eigenvalue weighted by molar-refractivity contribution is -0.385. The van der Waals surface area contributed by atoms with Crippen LogP contribution < -0.4 is 4.90 Å². The minimum atomic E-state index is -0.380. The molecule has 0 aliphatic rings. The highest BCUT2D eigenvalue weighted by atomic mass is 35.5. The molecule has 0 aliphatic heterocycles. The third kappa shape index (κ3) is 4.98. The number of pyridine rings is 1. The van der Waals surface area contributed by atoms with Crippen LogP contribution in [-0.2, 0) is 4.79 Å². The second kappa shape index (κ2) is 8.31. The lowest BCUT2D eigenvalue weighted by atomic mass is 10.2. The molecule has 0 radical (unpaired) electrons. The summed E-state index contributed by atoms with van der Waals surface area (Å²) in [6.07, 6.45) is 2.09. The van der Waals surface area contributed by atoms with Crippen molar-refractivity contribution < 1.29 is 9.72 Å². The summed E-state index contributed by atoms with van der Waals surface area (Å²) in [5.41, 5.74) is 1.42. The van der Waals surface area contributed by atoms with Gasteiger partial charge >= 0.3 is 0 Å². The van der Waals surface area contributed by atoms with Crippen LogP contribution in [0.2, 0.25) is 10.2 Å². The Morgan fingerprint density at radius 2 is 1.95 bits per heavy atom. The van der Waals surface area contributed by atoms with Crippen LogP contribution in [0.1, 0.15) is 5.56 Å². The SMILES string of the molecule is CN(C=O)c1cnc(Cl)cc1Cl.Cc1ccccc1[N+](=O)[O-]. The minimum absolute atomic E-state index is 0.183. The van der Waals surface area contributed by atoms with Gasteiger partial charge in [0.15, 0.2) is 0 Å². The zero-order chi connectivity index (χ0) is 16.7. The molecule has 6 nitrogen and oxygen atoms in total. The van der Waals surface area contributed by atoms with Crippen molar-refractivity contribution in [2.24, 2.45) is 0 Å². The van der Waals surface area contributed by atoms with E-state index in [1.165, 1.54) is 23.2 Å². The highest BCUT2D eigenvalue weighted by Crippen LogP contribution is 2.25. The average molecular weight is 342 g/mol. The van der Waals surface area contributed by atoms with Gasteiger partial charge in [-0.1, -0.05) is 41.4 Å². The van der Waals surface area contributed by atoms with Gasteiger partial charge in [-0.15, -0.1) is 0 Å². The molecule has 1 amide bonds. The van der Waals surface area contributed by atoms with Crippen LogP contribution in [0.25, 0.3) is 0 Å². The van der Waals surface area contributed by atoms with E-state index >= 15 is 0 Å². The molecule has 2 aromatic rings. The van der Waals surface area contributed by atoms with Crippen molar-refractivity contribution in [3.05, 3.63) is 62.4 Å². The van der Waals surface area contributed by atoms with Gasteiger partial charge in [-0.3, -0.25) is 14.9 Å². The molecule has 0 saturated carbocycles. The van der Waals surface area contributed by atoms with E-state index in [0.717, 1.165) is 0 Å². The monoisotopic (exact) mass is 341 g/mol. The Balaban J connectivity index is 0.000000224. The first-order valence-electron chi connectivity index (χ1n) is 6.06. The molecule has 0 spiro atoms. The smallest absolute Gasteiger partial charge is 0.272 e. The molecular weight excluding hydrogens is 329 g/mol. The number of aromatic nitrogens is 1. The summed E-state index contributed by atoms with van der Waals surface area (Å²) in [5.74, 6) is 0. The fourth-order valence-corrected chi connectivity index (χ4v) is 1.98. The number of hydrogen-bond acceptors (Lipinski definition) is 4. The van der Waals surface area contributed by atoms with Crippen molar-refractivity contribution in [1.29, 1.82) is 0 Å². The third-order valence-corrected chi connectivity index (χ3v) is 3.16. The number of nitrogens with zero attached hydrogens (tertiary/aromatic N) is 3. The van der Waals surface area contributed by atoms with Crippen LogP contribution in [0.3, 0.4) is 0 Å². The Morgan fingerprint density at radius 3 is 2.41 bits per heavy atom. The van der Waals surface area contributed by atoms with Crippen molar-refractivity contribution in [2.75, 3.05) is 11.9 Å². The number of hydrogen-bond donors (Lipinski definition) is 0. The van der Waals surface area contributed by atoms with Gasteiger partial charge in [-0.2, -0.15) is 0 Å². The maximum Gasteiger partial charge on any atom is 0.272 e. The number of halogens is 2. The normalized spacial score (nSPS) is 9.45. The molecule has 116 valence electrons. The van der Waals surface area contributed by atoms with Crippen LogP contribution in [0.15, 0.2) is 36.5 Å². The Bertz CT molecular complexity index is 680. The van der Waals surface area contributed by atoms with Crippen molar-refractivity contribution >= 4 is 41.0 Å². The topological polar surface area (TPSA) is 76.3 Å². The predicted molar refractivity (Wildman–Crippen MR) is 86.6 cm³/mol. The third-order valence-electron chi connectivity index (χ3n) is 2.65. The van der Waals surface area contributed by atoms with Crippen LogP contribution >= 0.6 is 23.2 Å². The lowest BCUT2D eigenvalue weighted by Gasteiger charge is -2.11. The molecule has 8 heteroatoms. The molecule has 0 bridgehead atoms. The Labute approximate surface area is 137 Å². The summed E-state index contributed by atoms with van der Waals surface area (Å²) >= 11 is 11.3. The fourth-order valence-electron chi connectivity index (χ4n) is 1.48. The minimum Gasteiger partial charge on any atom is -0.315 e. The van der Waals surface area contributed by atoms with E-state index in [1.54, 1.807) is 32.2 Å². The number of aryl methyl sites for hydroxylation is 1. The number of carbonyl (C=O) groups is 1. The van der Waals surface area contributed by atoms with Crippen LogP contribution in [0, 0.1) is 17.0 Å². The van der Waals surface area contributed by atoms with Crippen molar-refractivity contribution in [3.8, 4) is 0 Å². The zero-order valence-electron chi connectivity index (χ0n) is 11.9. The number of para-hydroxylation sites is 1. The van der Waals surface area contributed by atoms with Gasteiger partial charge in [0.1, 0.15) is 5.15 Å². The molecule has 0 unspecified atom stereocenters. The Hall–Kier alpha value is -2.18. The first-order valence-corrected chi connectivity index (χ1v) is 6.81. The van der Waals surface area contributed by atoms with Gasteiger partial charge in [-0.05, 0) is 13.0 Å². The number of nitro benzene ring substituents is 1. The quantitative estimate of drug-likeness (QED) is 0.367. The van der Waals surface area contributed by atoms with Gasteiger partial charge in [0.05, 0.1) is 21.8 Å². The highest BCUT2D eigenvalue weighted by molar-refractivity contribution is 6.36. The van der Waals surface area contributed by atoms with Crippen LogP contribution in [-0.4, -0.2) is 23.4 Å². The number of benzene rings is 1. The number of nitro groups is 1. The summed E-state index contributed by atoms with van der Waals surface area (Å²) in [4.78, 5) is 25.3. The Kier molecular flexibility index (Phi) is 6.75. The summed E-state index contributed by atoms with van der Waals surface area (Å²) in [6.45, 7) is 1.72. The maximum absolute atomic E-state index is 10.3. The van der Waals surface area contributed by atoms with E-state index in [0.29, 0.717) is 27.8 Å². The van der Waals surface area contributed by atoms with Gasteiger partial charge in [0.2, 0.25) is 6.41 Å². The van der Waals surface area contributed by atoms with Crippen molar-refractivity contribution in [1.82, 2.24) is 4.98 Å². The largest absolute Gasteiger partial charge is 0.315 e. The molecule has 0 atom stereocenters. The van der Waals surface area contributed by atoms with E-state index in [1.807, 2.05) is 0 Å². The molecule has 1 heterocycles. The van der Waals surface area contributed by atoms with E-state index in [4.69, 9.17) is 23.2 Å². The fraction of sp³-hybridized carbons (Fsp3) is 0.143. The van der Waals surface area contributed by atoms with E-state index < -0.39 is 0 Å². The van der Waals surface area contributed by atoms with E-state index in [-0.39, 0.29) is 10.6 Å². The molecule has 1 aromatic heterocycles. The summed E-state index contributed by atoms with van der Waals surface area (Å²) < 4.78 is 0. The lowest BCUT2D eigenvalue weighted by Crippen LogP contribution is -2.14. The van der Waals surface area contributed by atoms with Crippen LogP contribution in [0.4, 0.5) is 11.4 Å². The van der Waals surface area contributed by atoms with E-state index in [2.05, 4.69) is 4.98 Å². The molecule has 0 aliphatic carbocycles. The molecule has 0 fully saturated rings. The molecule has 0 saturated heterocycles. The Morgan fingerprint density at radius 1 is 1.32 bits per heavy atom. The van der Waals surface area contributed by atoms with Gasteiger partial charge in [0, 0.05) is 18.7 Å². The zero-order valence-corrected chi connectivity index (χ0v) is 13.4. The molecule has 1 aromatic carbocycles. The highest BCUT2D eigenvalue weighted by Gasteiger charge is 2.06. The van der Waals surface area contributed by atoms with Gasteiger partial charge in [-0.25, -0.2) is 4.98 Å². The summed E-state index contributed by atoms with van der Waals surface area (Å²) in [6, 6.07) is 8.14. The molecule has 22 heavy (non-hydrogen) atoms. The first-order chi connectivity index (χ1) is 10.4. The molecular formula is C14H13Cl2N3O3. The number of amides is 1. The maximum atomic E-state index is 10.3. The van der Waals surface area contributed by atoms with Crippen LogP contribution in [0.5, 0.6) is 0 Å². The number of rotatable bonds is 3. The predicted octanol–water partition coefficient (Wildman–Crippen LogP) is 3.88. The van der Waals surface area contributed by atoms with Crippen molar-refractivity contribution in [3.63, 3.8) is 0 Å². The molecule has 2 rings (SSSR count).